The summed E-state index contributed by atoms with van der Waals surface area (Å²) in [4.78, 5) is 4.51. The second kappa shape index (κ2) is 4.94. The largest absolute Gasteiger partial charge is 0.361 e. The van der Waals surface area contributed by atoms with Crippen molar-refractivity contribution in [2.45, 2.75) is 56.9 Å². The fourth-order valence-electron chi connectivity index (χ4n) is 3.82. The summed E-state index contributed by atoms with van der Waals surface area (Å²) in [7, 11) is 0. The van der Waals surface area contributed by atoms with Crippen LogP contribution in [0, 0.1) is 5.41 Å². The van der Waals surface area contributed by atoms with E-state index in [1.807, 2.05) is 6.07 Å². The van der Waals surface area contributed by atoms with Crippen molar-refractivity contribution in [2.75, 3.05) is 0 Å². The van der Waals surface area contributed by atoms with E-state index in [1.54, 1.807) is 6.20 Å². The van der Waals surface area contributed by atoms with Gasteiger partial charge >= 0.3 is 0 Å². The number of aromatic nitrogens is 3. The van der Waals surface area contributed by atoms with E-state index in [0.29, 0.717) is 29.6 Å². The average molecular weight is 288 g/mol. The Morgan fingerprint density at radius 1 is 1.24 bits per heavy atom. The van der Waals surface area contributed by atoms with E-state index in [1.165, 1.54) is 25.7 Å². The SMILES string of the molecule is NC1CCC2(CC1)CC(c1nc(Cc3ccno3)no1)C2. The van der Waals surface area contributed by atoms with Gasteiger partial charge in [-0.25, -0.2) is 0 Å². The molecule has 4 rings (SSSR count). The van der Waals surface area contributed by atoms with Crippen LogP contribution in [0.1, 0.15) is 61.9 Å². The van der Waals surface area contributed by atoms with Crippen LogP contribution in [0.4, 0.5) is 0 Å². The van der Waals surface area contributed by atoms with Gasteiger partial charge in [-0.2, -0.15) is 4.98 Å². The number of hydrogen-bond acceptors (Lipinski definition) is 6. The first kappa shape index (κ1) is 13.0. The molecule has 2 aromatic rings. The number of hydrogen-bond donors (Lipinski definition) is 1. The first-order chi connectivity index (χ1) is 10.2. The minimum atomic E-state index is 0.409. The molecule has 1 spiro atoms. The summed E-state index contributed by atoms with van der Waals surface area (Å²) in [6.07, 6.45) is 9.33. The zero-order valence-corrected chi connectivity index (χ0v) is 12.0. The van der Waals surface area contributed by atoms with Gasteiger partial charge in [0.05, 0.1) is 12.6 Å². The predicted molar refractivity (Wildman–Crippen MR) is 74.5 cm³/mol. The van der Waals surface area contributed by atoms with Crippen molar-refractivity contribution in [1.82, 2.24) is 15.3 Å². The van der Waals surface area contributed by atoms with Gasteiger partial charge in [-0.05, 0) is 43.9 Å². The highest BCUT2D eigenvalue weighted by Gasteiger charge is 2.48. The molecule has 0 atom stereocenters. The topological polar surface area (TPSA) is 91.0 Å². The molecule has 2 saturated carbocycles. The van der Waals surface area contributed by atoms with Crippen LogP contribution in [0.2, 0.25) is 0 Å². The van der Waals surface area contributed by atoms with Crippen LogP contribution in [0.15, 0.2) is 21.3 Å². The van der Waals surface area contributed by atoms with Crippen molar-refractivity contribution < 1.29 is 9.05 Å². The highest BCUT2D eigenvalue weighted by atomic mass is 16.5. The molecule has 2 N–H and O–H groups in total. The van der Waals surface area contributed by atoms with Crippen molar-refractivity contribution in [3.05, 3.63) is 29.7 Å². The smallest absolute Gasteiger partial charge is 0.229 e. The Kier molecular flexibility index (Phi) is 3.06. The van der Waals surface area contributed by atoms with E-state index < -0.39 is 0 Å². The molecule has 2 heterocycles. The molecule has 0 unspecified atom stereocenters. The molecule has 112 valence electrons. The van der Waals surface area contributed by atoms with Crippen LogP contribution in [0.25, 0.3) is 0 Å². The maximum absolute atomic E-state index is 5.99. The summed E-state index contributed by atoms with van der Waals surface area (Å²) in [5, 5.41) is 7.73. The summed E-state index contributed by atoms with van der Waals surface area (Å²) in [6.45, 7) is 0. The normalized spacial score (nSPS) is 32.2. The number of nitrogens with zero attached hydrogens (tertiary/aromatic N) is 3. The Labute approximate surface area is 123 Å². The number of nitrogens with two attached hydrogens (primary N) is 1. The molecular weight excluding hydrogens is 268 g/mol. The molecule has 0 aromatic carbocycles. The summed E-state index contributed by atoms with van der Waals surface area (Å²) in [6, 6.07) is 2.23. The molecule has 0 amide bonds. The van der Waals surface area contributed by atoms with Crippen molar-refractivity contribution >= 4 is 0 Å². The first-order valence-corrected chi connectivity index (χ1v) is 7.70. The summed E-state index contributed by atoms with van der Waals surface area (Å²) in [5.41, 5.74) is 6.49. The van der Waals surface area contributed by atoms with Gasteiger partial charge in [-0.15, -0.1) is 0 Å². The van der Waals surface area contributed by atoms with Gasteiger partial charge in [0.1, 0.15) is 5.76 Å². The monoisotopic (exact) mass is 288 g/mol. The van der Waals surface area contributed by atoms with Crippen LogP contribution >= 0.6 is 0 Å². The van der Waals surface area contributed by atoms with Gasteiger partial charge in [-0.1, -0.05) is 10.3 Å². The Morgan fingerprint density at radius 3 is 2.76 bits per heavy atom. The van der Waals surface area contributed by atoms with Crippen LogP contribution in [-0.4, -0.2) is 21.3 Å². The van der Waals surface area contributed by atoms with E-state index in [-0.39, 0.29) is 0 Å². The Balaban J connectivity index is 1.37. The second-order valence-corrected chi connectivity index (χ2v) is 6.65. The zero-order valence-electron chi connectivity index (χ0n) is 12.0. The lowest BCUT2D eigenvalue weighted by Crippen LogP contribution is -2.42. The van der Waals surface area contributed by atoms with E-state index in [4.69, 9.17) is 14.8 Å². The molecule has 2 aliphatic carbocycles. The minimum absolute atomic E-state index is 0.409. The van der Waals surface area contributed by atoms with E-state index in [9.17, 15) is 0 Å². The van der Waals surface area contributed by atoms with Crippen LogP contribution in [0.3, 0.4) is 0 Å². The lowest BCUT2D eigenvalue weighted by atomic mass is 9.55. The molecule has 2 aromatic heterocycles. The van der Waals surface area contributed by atoms with Crippen molar-refractivity contribution in [3.8, 4) is 0 Å². The first-order valence-electron chi connectivity index (χ1n) is 7.70. The van der Waals surface area contributed by atoms with Gasteiger partial charge in [-0.3, -0.25) is 0 Å². The molecule has 21 heavy (non-hydrogen) atoms. The van der Waals surface area contributed by atoms with Gasteiger partial charge < -0.3 is 14.8 Å². The molecule has 0 bridgehead atoms. The van der Waals surface area contributed by atoms with E-state index in [0.717, 1.165) is 24.5 Å². The predicted octanol–water partition coefficient (Wildman–Crippen LogP) is 2.41. The third kappa shape index (κ3) is 2.48. The highest BCUT2D eigenvalue weighted by Crippen LogP contribution is 2.57. The maximum atomic E-state index is 5.99. The summed E-state index contributed by atoms with van der Waals surface area (Å²) >= 11 is 0. The molecule has 0 radical (unpaired) electrons. The Bertz CT molecular complexity index is 591. The molecule has 0 saturated heterocycles. The van der Waals surface area contributed by atoms with E-state index >= 15 is 0 Å². The van der Waals surface area contributed by atoms with Crippen molar-refractivity contribution in [2.24, 2.45) is 11.1 Å². The molecule has 6 nitrogen and oxygen atoms in total. The van der Waals surface area contributed by atoms with Gasteiger partial charge in [0.15, 0.2) is 5.82 Å². The molecule has 6 heteroatoms. The third-order valence-electron chi connectivity index (χ3n) is 5.11. The minimum Gasteiger partial charge on any atom is -0.361 e. The Morgan fingerprint density at radius 2 is 2.05 bits per heavy atom. The molecule has 2 fully saturated rings. The van der Waals surface area contributed by atoms with Gasteiger partial charge in [0.25, 0.3) is 0 Å². The molecular formula is C15H20N4O2. The second-order valence-electron chi connectivity index (χ2n) is 6.65. The molecule has 0 aliphatic heterocycles. The highest BCUT2D eigenvalue weighted by molar-refractivity contribution is 5.10. The van der Waals surface area contributed by atoms with Crippen LogP contribution < -0.4 is 5.73 Å². The summed E-state index contributed by atoms with van der Waals surface area (Å²) < 4.78 is 10.5. The average Bonchev–Trinajstić information content (AvgIpc) is 3.10. The van der Waals surface area contributed by atoms with Crippen molar-refractivity contribution in [3.63, 3.8) is 0 Å². The Hall–Kier alpha value is -1.69. The number of rotatable bonds is 3. The third-order valence-corrected chi connectivity index (χ3v) is 5.11. The standard InChI is InChI=1S/C15H20N4O2/c16-11-1-4-15(5-2-11)8-10(9-15)14-18-13(19-21-14)7-12-3-6-17-20-12/h3,6,10-11H,1-2,4-5,7-9,16H2. The quantitative estimate of drug-likeness (QED) is 0.932. The van der Waals surface area contributed by atoms with Crippen LogP contribution in [-0.2, 0) is 6.42 Å². The van der Waals surface area contributed by atoms with Crippen molar-refractivity contribution in [1.29, 1.82) is 0 Å². The maximum Gasteiger partial charge on any atom is 0.229 e. The lowest BCUT2D eigenvalue weighted by Gasteiger charge is -2.50. The van der Waals surface area contributed by atoms with Gasteiger partial charge in [0, 0.05) is 18.0 Å². The van der Waals surface area contributed by atoms with Crippen LogP contribution in [0.5, 0.6) is 0 Å². The fourth-order valence-corrected chi connectivity index (χ4v) is 3.82. The summed E-state index contributed by atoms with van der Waals surface area (Å²) in [5.74, 6) is 2.64. The van der Waals surface area contributed by atoms with E-state index in [2.05, 4.69) is 15.3 Å². The van der Waals surface area contributed by atoms with Gasteiger partial charge in [0.2, 0.25) is 5.89 Å². The lowest BCUT2D eigenvalue weighted by molar-refractivity contribution is 0.0335. The fraction of sp³-hybridized carbons (Fsp3) is 0.667. The zero-order chi connectivity index (χ0) is 14.3. The molecule has 2 aliphatic rings.